The maximum atomic E-state index is 14.3. The first-order chi connectivity index (χ1) is 15.6. The van der Waals surface area contributed by atoms with Gasteiger partial charge in [0, 0.05) is 12.0 Å². The maximum absolute atomic E-state index is 14.3. The van der Waals surface area contributed by atoms with Gasteiger partial charge >= 0.3 is 0 Å². The fourth-order valence-electron chi connectivity index (χ4n) is 4.88. The first-order valence-electron chi connectivity index (χ1n) is 12.2. The van der Waals surface area contributed by atoms with E-state index in [1.807, 2.05) is 18.2 Å². The fraction of sp³-hybridized carbons (Fsp3) is 0.615. The Balaban J connectivity index is 1.16. The van der Waals surface area contributed by atoms with E-state index in [0.29, 0.717) is 31.1 Å². The van der Waals surface area contributed by atoms with Crippen molar-refractivity contribution >= 4 is 11.8 Å². The smallest absolute Gasteiger partial charge is 0.230 e. The van der Waals surface area contributed by atoms with Crippen LogP contribution in [0.2, 0.25) is 0 Å². The van der Waals surface area contributed by atoms with Crippen LogP contribution >= 0.6 is 0 Å². The molecule has 1 aliphatic heterocycles. The van der Waals surface area contributed by atoms with E-state index in [1.54, 1.807) is 6.07 Å². The molecule has 5 nitrogen and oxygen atoms in total. The number of hydrogen-bond donors (Lipinski definition) is 2. The van der Waals surface area contributed by atoms with Crippen LogP contribution in [0.15, 0.2) is 30.4 Å². The van der Waals surface area contributed by atoms with Crippen LogP contribution in [0, 0.1) is 17.7 Å². The number of hydrogen-bond acceptors (Lipinski definition) is 4. The third-order valence-electron chi connectivity index (χ3n) is 7.10. The van der Waals surface area contributed by atoms with Crippen molar-refractivity contribution in [3.05, 3.63) is 41.7 Å². The number of carbonyl (C=O) groups excluding carboxylic acids is 2. The summed E-state index contributed by atoms with van der Waals surface area (Å²) in [7, 11) is 0. The lowest BCUT2D eigenvalue weighted by molar-refractivity contribution is -0.125. The van der Waals surface area contributed by atoms with E-state index in [-0.39, 0.29) is 29.1 Å². The third-order valence-corrected chi connectivity index (χ3v) is 7.10. The van der Waals surface area contributed by atoms with Gasteiger partial charge in [0.2, 0.25) is 11.8 Å². The quantitative estimate of drug-likeness (QED) is 0.278. The molecule has 1 saturated heterocycles. The van der Waals surface area contributed by atoms with E-state index in [0.717, 1.165) is 44.2 Å². The van der Waals surface area contributed by atoms with E-state index in [2.05, 4.69) is 16.7 Å². The largest absolute Gasteiger partial charge is 0.490 e. The Morgan fingerprint density at radius 2 is 1.97 bits per heavy atom. The van der Waals surface area contributed by atoms with E-state index in [1.165, 1.54) is 25.7 Å². The first kappa shape index (κ1) is 23.0. The monoisotopic (exact) mass is 442 g/mol. The van der Waals surface area contributed by atoms with Gasteiger partial charge in [-0.2, -0.15) is 0 Å². The molecular formula is C26H35FN2O3. The van der Waals surface area contributed by atoms with Gasteiger partial charge in [0.05, 0.1) is 12.5 Å². The highest BCUT2D eigenvalue weighted by Crippen LogP contribution is 2.46. The second-order valence-electron chi connectivity index (χ2n) is 9.63. The highest BCUT2D eigenvalue weighted by molar-refractivity contribution is 6.03. The molecule has 0 radical (unpaired) electrons. The number of imide groups is 1. The molecule has 1 unspecified atom stereocenters. The van der Waals surface area contributed by atoms with Crippen molar-refractivity contribution in [2.75, 3.05) is 13.2 Å². The molecule has 32 heavy (non-hydrogen) atoms. The van der Waals surface area contributed by atoms with Crippen molar-refractivity contribution in [1.29, 1.82) is 0 Å². The summed E-state index contributed by atoms with van der Waals surface area (Å²) in [5.41, 5.74) is 1.10. The van der Waals surface area contributed by atoms with Crippen LogP contribution in [0.4, 0.5) is 4.39 Å². The van der Waals surface area contributed by atoms with Gasteiger partial charge in [0.1, 0.15) is 0 Å². The third kappa shape index (κ3) is 5.97. The summed E-state index contributed by atoms with van der Waals surface area (Å²) in [6.45, 7) is 1.54. The number of amides is 2. The van der Waals surface area contributed by atoms with Crippen molar-refractivity contribution in [1.82, 2.24) is 10.6 Å². The molecule has 0 spiro atoms. The molecule has 4 rings (SSSR count). The minimum atomic E-state index is -0.270. The number of rotatable bonds is 12. The molecule has 2 saturated carbocycles. The Hall–Kier alpha value is -2.21. The van der Waals surface area contributed by atoms with Crippen molar-refractivity contribution in [3.63, 3.8) is 0 Å². The summed E-state index contributed by atoms with van der Waals surface area (Å²) < 4.78 is 20.1. The van der Waals surface area contributed by atoms with Gasteiger partial charge in [0.15, 0.2) is 11.6 Å². The van der Waals surface area contributed by atoms with E-state index >= 15 is 0 Å². The van der Waals surface area contributed by atoms with Crippen LogP contribution in [-0.2, 0) is 15.1 Å². The molecule has 3 aliphatic rings. The topological polar surface area (TPSA) is 67.4 Å². The number of halogens is 1. The van der Waals surface area contributed by atoms with Gasteiger partial charge in [-0.3, -0.25) is 14.9 Å². The number of benzene rings is 1. The molecule has 2 N–H and O–H groups in total. The van der Waals surface area contributed by atoms with Gasteiger partial charge in [-0.15, -0.1) is 0 Å². The Labute approximate surface area is 190 Å². The molecule has 0 aromatic heterocycles. The predicted octanol–water partition coefficient (Wildman–Crippen LogP) is 4.75. The molecule has 0 bridgehead atoms. The predicted molar refractivity (Wildman–Crippen MR) is 122 cm³/mol. The second-order valence-corrected chi connectivity index (χ2v) is 9.63. The average molecular weight is 443 g/mol. The molecule has 1 atom stereocenters. The van der Waals surface area contributed by atoms with Crippen LogP contribution in [0.25, 0.3) is 0 Å². The van der Waals surface area contributed by atoms with Crippen molar-refractivity contribution < 1.29 is 18.7 Å². The Bertz CT molecular complexity index is 843. The van der Waals surface area contributed by atoms with Crippen molar-refractivity contribution in [3.8, 4) is 5.75 Å². The van der Waals surface area contributed by atoms with Gasteiger partial charge in [-0.05, 0) is 81.5 Å². The standard InChI is InChI=1S/C26H35FN2O3/c27-22-12-11-21(17-23(22)32-18-19-8-5-6-9-19)26(13-14-26)28-15-7-3-1-2-4-10-20-16-24(30)29-25(20)31/h2,4,11-12,17,19-20,28H,1,3,5-10,13-16,18H2,(H,29,30,31)/b4-2+. The average Bonchev–Trinajstić information content (AvgIpc) is 3.23. The molecule has 174 valence electrons. The molecule has 2 amide bonds. The van der Waals surface area contributed by atoms with Crippen LogP contribution < -0.4 is 15.4 Å². The fourth-order valence-corrected chi connectivity index (χ4v) is 4.88. The van der Waals surface area contributed by atoms with Gasteiger partial charge in [-0.1, -0.05) is 31.1 Å². The van der Waals surface area contributed by atoms with E-state index < -0.39 is 0 Å². The van der Waals surface area contributed by atoms with Gasteiger partial charge in [-0.25, -0.2) is 4.39 Å². The summed E-state index contributed by atoms with van der Waals surface area (Å²) in [6, 6.07) is 5.34. The summed E-state index contributed by atoms with van der Waals surface area (Å²) in [4.78, 5) is 22.7. The lowest BCUT2D eigenvalue weighted by Gasteiger charge is -2.20. The van der Waals surface area contributed by atoms with Crippen LogP contribution in [0.5, 0.6) is 5.75 Å². The summed E-state index contributed by atoms with van der Waals surface area (Å²) in [6.07, 6.45) is 15.2. The van der Waals surface area contributed by atoms with Crippen LogP contribution in [0.1, 0.15) is 76.2 Å². The van der Waals surface area contributed by atoms with Gasteiger partial charge < -0.3 is 10.1 Å². The SMILES string of the molecule is O=C1CC(C/C=C/CCCCNC2(c3ccc(F)c(OCC4CCCC4)c3)CC2)C(=O)N1. The zero-order chi connectivity index (χ0) is 22.4. The molecule has 6 heteroatoms. The minimum absolute atomic E-state index is 0.0304. The summed E-state index contributed by atoms with van der Waals surface area (Å²) >= 11 is 0. The van der Waals surface area contributed by atoms with E-state index in [9.17, 15) is 14.0 Å². The maximum Gasteiger partial charge on any atom is 0.230 e. The molecule has 1 aromatic carbocycles. The Morgan fingerprint density at radius 3 is 2.69 bits per heavy atom. The Kier molecular flexibility index (Phi) is 7.61. The molecule has 1 aromatic rings. The van der Waals surface area contributed by atoms with E-state index in [4.69, 9.17) is 4.74 Å². The van der Waals surface area contributed by atoms with Gasteiger partial charge in [0.25, 0.3) is 0 Å². The normalized spacial score (nSPS) is 22.6. The van der Waals surface area contributed by atoms with Crippen molar-refractivity contribution in [2.45, 2.75) is 76.2 Å². The molecule has 2 aliphatic carbocycles. The minimum Gasteiger partial charge on any atom is -0.490 e. The number of unbranched alkanes of at least 4 members (excludes halogenated alkanes) is 2. The lowest BCUT2D eigenvalue weighted by atomic mass is 10.0. The highest BCUT2D eigenvalue weighted by atomic mass is 19.1. The Morgan fingerprint density at radius 1 is 1.16 bits per heavy atom. The summed E-state index contributed by atoms with van der Waals surface area (Å²) in [5, 5.41) is 6.03. The molecule has 3 fully saturated rings. The molecular weight excluding hydrogens is 407 g/mol. The number of allylic oxidation sites excluding steroid dienone is 2. The number of nitrogens with one attached hydrogen (secondary N) is 2. The van der Waals surface area contributed by atoms with Crippen LogP contribution in [-0.4, -0.2) is 25.0 Å². The lowest BCUT2D eigenvalue weighted by Crippen LogP contribution is -2.29. The zero-order valence-corrected chi connectivity index (χ0v) is 18.8. The van der Waals surface area contributed by atoms with Crippen LogP contribution in [0.3, 0.4) is 0 Å². The first-order valence-corrected chi connectivity index (χ1v) is 12.2. The molecule has 1 heterocycles. The summed E-state index contributed by atoms with van der Waals surface area (Å²) in [5.74, 6) is 0.184. The zero-order valence-electron chi connectivity index (χ0n) is 18.8. The highest BCUT2D eigenvalue weighted by Gasteiger charge is 2.44. The number of ether oxygens (including phenoxy) is 1. The van der Waals surface area contributed by atoms with Crippen molar-refractivity contribution in [2.24, 2.45) is 11.8 Å². The second kappa shape index (κ2) is 10.6. The number of carbonyl (C=O) groups is 2.